The minimum atomic E-state index is -0.240. The van der Waals surface area contributed by atoms with Crippen molar-refractivity contribution in [3.63, 3.8) is 0 Å². The molecular weight excluding hydrogens is 326 g/mol. The molecule has 0 saturated heterocycles. The van der Waals surface area contributed by atoms with E-state index in [1.807, 2.05) is 26.0 Å². The summed E-state index contributed by atoms with van der Waals surface area (Å²) in [6, 6.07) is 15.2. The third-order valence-corrected chi connectivity index (χ3v) is 4.52. The molecule has 5 nitrogen and oxygen atoms in total. The summed E-state index contributed by atoms with van der Waals surface area (Å²) in [5.41, 5.74) is 3.83. The Bertz CT molecular complexity index is 784. The molecule has 0 heterocycles. The van der Waals surface area contributed by atoms with Gasteiger partial charge in [0.05, 0.1) is 5.92 Å². The fraction of sp³-hybridized carbons (Fsp3) is 0.333. The summed E-state index contributed by atoms with van der Waals surface area (Å²) in [7, 11) is 0. The maximum Gasteiger partial charge on any atom is 0.319 e. The first-order chi connectivity index (χ1) is 12.5. The van der Waals surface area contributed by atoms with Gasteiger partial charge in [0.2, 0.25) is 5.91 Å². The zero-order valence-electron chi connectivity index (χ0n) is 15.2. The van der Waals surface area contributed by atoms with Gasteiger partial charge in [-0.25, -0.2) is 4.79 Å². The number of amides is 3. The molecule has 3 rings (SSSR count). The lowest BCUT2D eigenvalue weighted by molar-refractivity contribution is -0.117. The fourth-order valence-corrected chi connectivity index (χ4v) is 3.32. The normalized spacial score (nSPS) is 15.9. The molecule has 5 heteroatoms. The Kier molecular flexibility index (Phi) is 5.56. The lowest BCUT2D eigenvalue weighted by atomic mass is 9.82. The van der Waals surface area contributed by atoms with Crippen molar-refractivity contribution < 1.29 is 9.59 Å². The molecule has 1 aliphatic rings. The molecule has 1 aliphatic carbocycles. The number of anilines is 2. The number of carbonyl (C=O) groups is 2. The molecule has 0 spiro atoms. The maximum atomic E-state index is 12.7. The number of fused-ring (bicyclic) bond motifs is 1. The minimum Gasteiger partial charge on any atom is -0.336 e. The van der Waals surface area contributed by atoms with Crippen molar-refractivity contribution in [2.75, 3.05) is 10.6 Å². The van der Waals surface area contributed by atoms with Crippen LogP contribution in [0.15, 0.2) is 48.5 Å². The van der Waals surface area contributed by atoms with E-state index in [9.17, 15) is 9.59 Å². The summed E-state index contributed by atoms with van der Waals surface area (Å²) in [4.78, 5) is 24.4. The van der Waals surface area contributed by atoms with Crippen LogP contribution in [0.2, 0.25) is 0 Å². The van der Waals surface area contributed by atoms with Gasteiger partial charge in [0, 0.05) is 17.4 Å². The van der Waals surface area contributed by atoms with Crippen LogP contribution < -0.4 is 16.0 Å². The van der Waals surface area contributed by atoms with Gasteiger partial charge in [0.25, 0.3) is 0 Å². The number of hydrogen-bond acceptors (Lipinski definition) is 2. The van der Waals surface area contributed by atoms with Gasteiger partial charge in [-0.2, -0.15) is 0 Å². The summed E-state index contributed by atoms with van der Waals surface area (Å²) in [5, 5.41) is 8.54. The Balaban J connectivity index is 1.63. The van der Waals surface area contributed by atoms with Gasteiger partial charge in [-0.15, -0.1) is 0 Å². The maximum absolute atomic E-state index is 12.7. The number of rotatable bonds is 4. The number of nitrogens with one attached hydrogen (secondary N) is 3. The number of carbonyl (C=O) groups excluding carboxylic acids is 2. The smallest absolute Gasteiger partial charge is 0.319 e. The zero-order valence-corrected chi connectivity index (χ0v) is 15.2. The average Bonchev–Trinajstić information content (AvgIpc) is 2.62. The van der Waals surface area contributed by atoms with E-state index in [0.717, 1.165) is 30.5 Å². The van der Waals surface area contributed by atoms with Gasteiger partial charge in [0.1, 0.15) is 0 Å². The number of benzene rings is 2. The first kappa shape index (κ1) is 18.0. The molecule has 0 aliphatic heterocycles. The predicted octanol–water partition coefficient (Wildman–Crippen LogP) is 4.28. The number of aryl methyl sites for hydroxylation is 1. The van der Waals surface area contributed by atoms with E-state index in [4.69, 9.17) is 0 Å². The van der Waals surface area contributed by atoms with E-state index >= 15 is 0 Å². The number of hydrogen-bond donors (Lipinski definition) is 3. The van der Waals surface area contributed by atoms with Crippen LogP contribution in [0.25, 0.3) is 0 Å². The van der Waals surface area contributed by atoms with Gasteiger partial charge in [0.15, 0.2) is 0 Å². The van der Waals surface area contributed by atoms with Crippen molar-refractivity contribution >= 4 is 23.3 Å². The van der Waals surface area contributed by atoms with Crippen LogP contribution in [-0.4, -0.2) is 18.0 Å². The van der Waals surface area contributed by atoms with Crippen molar-refractivity contribution in [1.82, 2.24) is 5.32 Å². The highest BCUT2D eigenvalue weighted by atomic mass is 16.2. The van der Waals surface area contributed by atoms with Gasteiger partial charge in [-0.1, -0.05) is 24.3 Å². The van der Waals surface area contributed by atoms with E-state index in [1.165, 1.54) is 5.56 Å². The van der Waals surface area contributed by atoms with Gasteiger partial charge >= 0.3 is 6.03 Å². The van der Waals surface area contributed by atoms with Crippen LogP contribution in [0.5, 0.6) is 0 Å². The summed E-state index contributed by atoms with van der Waals surface area (Å²) in [5.74, 6) is -0.0787. The summed E-state index contributed by atoms with van der Waals surface area (Å²) >= 11 is 0. The molecule has 3 amide bonds. The van der Waals surface area contributed by atoms with Crippen LogP contribution >= 0.6 is 0 Å². The minimum absolute atomic E-state index is 0.0235. The van der Waals surface area contributed by atoms with Crippen molar-refractivity contribution in [3.05, 3.63) is 59.7 Å². The summed E-state index contributed by atoms with van der Waals surface area (Å²) in [6.45, 7) is 3.81. The monoisotopic (exact) mass is 351 g/mol. The average molecular weight is 351 g/mol. The zero-order chi connectivity index (χ0) is 18.5. The highest BCUT2D eigenvalue weighted by Gasteiger charge is 2.26. The lowest BCUT2D eigenvalue weighted by Crippen LogP contribution is -2.34. The molecule has 0 radical (unpaired) electrons. The third kappa shape index (κ3) is 4.42. The second kappa shape index (κ2) is 8.04. The van der Waals surface area contributed by atoms with Gasteiger partial charge < -0.3 is 16.0 Å². The fourth-order valence-electron chi connectivity index (χ4n) is 3.32. The van der Waals surface area contributed by atoms with Crippen LogP contribution in [0.4, 0.5) is 16.2 Å². The molecule has 3 N–H and O–H groups in total. The third-order valence-electron chi connectivity index (χ3n) is 4.52. The number of urea groups is 1. The molecule has 0 fully saturated rings. The first-order valence-corrected chi connectivity index (χ1v) is 9.09. The Morgan fingerprint density at radius 2 is 1.62 bits per heavy atom. The molecule has 0 bridgehead atoms. The van der Waals surface area contributed by atoms with Crippen LogP contribution in [-0.2, 0) is 11.2 Å². The Hall–Kier alpha value is -2.82. The van der Waals surface area contributed by atoms with Crippen molar-refractivity contribution in [2.24, 2.45) is 0 Å². The largest absolute Gasteiger partial charge is 0.336 e. The Morgan fingerprint density at radius 1 is 0.962 bits per heavy atom. The molecule has 26 heavy (non-hydrogen) atoms. The first-order valence-electron chi connectivity index (χ1n) is 9.09. The van der Waals surface area contributed by atoms with Crippen molar-refractivity contribution in [3.8, 4) is 0 Å². The quantitative estimate of drug-likeness (QED) is 0.769. The van der Waals surface area contributed by atoms with E-state index in [0.29, 0.717) is 5.69 Å². The van der Waals surface area contributed by atoms with Crippen LogP contribution in [0.1, 0.15) is 43.7 Å². The molecule has 1 unspecified atom stereocenters. The molecule has 0 aromatic heterocycles. The van der Waals surface area contributed by atoms with E-state index in [2.05, 4.69) is 28.1 Å². The van der Waals surface area contributed by atoms with Crippen LogP contribution in [0.3, 0.4) is 0 Å². The molecule has 136 valence electrons. The van der Waals surface area contributed by atoms with Crippen molar-refractivity contribution in [2.45, 2.75) is 45.1 Å². The Morgan fingerprint density at radius 3 is 2.31 bits per heavy atom. The topological polar surface area (TPSA) is 70.2 Å². The van der Waals surface area contributed by atoms with E-state index in [1.54, 1.807) is 24.3 Å². The second-order valence-electron chi connectivity index (χ2n) is 6.96. The van der Waals surface area contributed by atoms with Gasteiger partial charge in [-0.3, -0.25) is 4.79 Å². The molecule has 0 saturated carbocycles. The SMILES string of the molecule is CC(C)NC(=O)Nc1ccc(NC(=O)C2CCCc3ccccc32)cc1. The van der Waals surface area contributed by atoms with E-state index < -0.39 is 0 Å². The highest BCUT2D eigenvalue weighted by molar-refractivity contribution is 5.96. The lowest BCUT2D eigenvalue weighted by Gasteiger charge is -2.24. The molecule has 1 atom stereocenters. The van der Waals surface area contributed by atoms with E-state index in [-0.39, 0.29) is 23.9 Å². The summed E-state index contributed by atoms with van der Waals surface area (Å²) in [6.07, 6.45) is 2.94. The molecule has 2 aromatic rings. The van der Waals surface area contributed by atoms with Crippen molar-refractivity contribution in [1.29, 1.82) is 0 Å². The highest BCUT2D eigenvalue weighted by Crippen LogP contribution is 2.32. The standard InChI is InChI=1S/C21H25N3O2/c1-14(2)22-21(26)24-17-12-10-16(11-13-17)23-20(25)19-9-5-7-15-6-3-4-8-18(15)19/h3-4,6,8,10-14,19H,5,7,9H2,1-2H3,(H,23,25)(H2,22,24,26). The van der Waals surface area contributed by atoms with Gasteiger partial charge in [-0.05, 0) is 68.5 Å². The predicted molar refractivity (Wildman–Crippen MR) is 104 cm³/mol. The second-order valence-corrected chi connectivity index (χ2v) is 6.96. The molecule has 2 aromatic carbocycles. The summed E-state index contributed by atoms with van der Waals surface area (Å²) < 4.78 is 0. The Labute approximate surface area is 154 Å². The molecular formula is C21H25N3O2. The van der Waals surface area contributed by atoms with Crippen LogP contribution in [0, 0.1) is 0 Å².